The van der Waals surface area contributed by atoms with Crippen molar-refractivity contribution in [2.75, 3.05) is 0 Å². The minimum Gasteiger partial charge on any atom is -0.478 e. The van der Waals surface area contributed by atoms with Crippen LogP contribution in [0, 0.1) is 0 Å². The van der Waals surface area contributed by atoms with Crippen molar-refractivity contribution in [3.8, 4) is 5.69 Å². The molecule has 1 heterocycles. The van der Waals surface area contributed by atoms with Crippen LogP contribution in [0.5, 0.6) is 0 Å². The third-order valence-electron chi connectivity index (χ3n) is 3.30. The standard InChI is InChI=1S/C16H14N2O2/c1-2-15-17-13-9-8-11(16(19)20)10-14(13)18(15)12-6-4-3-5-7-12/h3-10H,2H2,1H3,(H,19,20). The highest BCUT2D eigenvalue weighted by atomic mass is 16.4. The van der Waals surface area contributed by atoms with Gasteiger partial charge in [0.2, 0.25) is 0 Å². The van der Waals surface area contributed by atoms with E-state index in [1.54, 1.807) is 18.2 Å². The van der Waals surface area contributed by atoms with Crippen molar-refractivity contribution < 1.29 is 9.90 Å². The molecule has 1 N–H and O–H groups in total. The first-order valence-electron chi connectivity index (χ1n) is 6.51. The number of hydrogen-bond acceptors (Lipinski definition) is 2. The van der Waals surface area contributed by atoms with Crippen LogP contribution in [0.4, 0.5) is 0 Å². The van der Waals surface area contributed by atoms with Crippen molar-refractivity contribution in [2.24, 2.45) is 0 Å². The van der Waals surface area contributed by atoms with Crippen molar-refractivity contribution in [3.05, 3.63) is 59.9 Å². The number of aryl methyl sites for hydroxylation is 1. The fourth-order valence-electron chi connectivity index (χ4n) is 2.36. The topological polar surface area (TPSA) is 55.1 Å². The largest absolute Gasteiger partial charge is 0.478 e. The Balaban J connectivity index is 2.32. The van der Waals surface area contributed by atoms with Crippen molar-refractivity contribution in [1.29, 1.82) is 0 Å². The molecule has 20 heavy (non-hydrogen) atoms. The summed E-state index contributed by atoms with van der Waals surface area (Å²) in [7, 11) is 0. The number of nitrogens with zero attached hydrogens (tertiary/aromatic N) is 2. The van der Waals surface area contributed by atoms with Crippen molar-refractivity contribution >= 4 is 17.0 Å². The van der Waals surface area contributed by atoms with E-state index in [1.807, 2.05) is 41.8 Å². The van der Waals surface area contributed by atoms with E-state index >= 15 is 0 Å². The molecule has 0 saturated carbocycles. The smallest absolute Gasteiger partial charge is 0.335 e. The maximum absolute atomic E-state index is 11.1. The lowest BCUT2D eigenvalue weighted by Crippen LogP contribution is -2.01. The highest BCUT2D eigenvalue weighted by Crippen LogP contribution is 2.23. The molecule has 0 radical (unpaired) electrons. The molecule has 0 atom stereocenters. The van der Waals surface area contributed by atoms with E-state index < -0.39 is 5.97 Å². The van der Waals surface area contributed by atoms with Gasteiger partial charge in [-0.15, -0.1) is 0 Å². The molecular weight excluding hydrogens is 252 g/mol. The average Bonchev–Trinajstić information content (AvgIpc) is 2.85. The second-order valence-corrected chi connectivity index (χ2v) is 4.56. The molecule has 4 nitrogen and oxygen atoms in total. The zero-order valence-corrected chi connectivity index (χ0v) is 11.1. The lowest BCUT2D eigenvalue weighted by Gasteiger charge is -2.08. The quantitative estimate of drug-likeness (QED) is 0.791. The van der Waals surface area contributed by atoms with Crippen LogP contribution in [0.25, 0.3) is 16.7 Å². The van der Waals surface area contributed by atoms with E-state index in [9.17, 15) is 4.79 Å². The van der Waals surface area contributed by atoms with E-state index in [-0.39, 0.29) is 5.56 Å². The highest BCUT2D eigenvalue weighted by Gasteiger charge is 2.13. The fourth-order valence-corrected chi connectivity index (χ4v) is 2.36. The molecule has 1 aromatic heterocycles. The van der Waals surface area contributed by atoms with Gasteiger partial charge in [-0.25, -0.2) is 9.78 Å². The SMILES string of the molecule is CCc1nc2ccc(C(=O)O)cc2n1-c1ccccc1. The van der Waals surface area contributed by atoms with E-state index in [0.717, 1.165) is 29.0 Å². The molecule has 0 bridgehead atoms. The summed E-state index contributed by atoms with van der Waals surface area (Å²) in [6.07, 6.45) is 0.784. The minimum absolute atomic E-state index is 0.275. The Hall–Kier alpha value is -2.62. The molecule has 100 valence electrons. The maximum Gasteiger partial charge on any atom is 0.335 e. The van der Waals surface area contributed by atoms with E-state index in [0.29, 0.717) is 0 Å². The number of para-hydroxylation sites is 1. The molecule has 0 fully saturated rings. The lowest BCUT2D eigenvalue weighted by atomic mass is 10.2. The third-order valence-corrected chi connectivity index (χ3v) is 3.30. The van der Waals surface area contributed by atoms with Crippen LogP contribution in [0.1, 0.15) is 23.1 Å². The first-order chi connectivity index (χ1) is 9.70. The fraction of sp³-hybridized carbons (Fsp3) is 0.125. The molecule has 4 heteroatoms. The van der Waals surface area contributed by atoms with Gasteiger partial charge in [0, 0.05) is 12.1 Å². The van der Waals surface area contributed by atoms with Gasteiger partial charge >= 0.3 is 5.97 Å². The number of aromatic nitrogens is 2. The molecular formula is C16H14N2O2. The molecule has 0 amide bonds. The van der Waals surface area contributed by atoms with Gasteiger partial charge in [-0.05, 0) is 30.3 Å². The summed E-state index contributed by atoms with van der Waals surface area (Å²) in [6.45, 7) is 2.04. The van der Waals surface area contributed by atoms with Gasteiger partial charge in [0.05, 0.1) is 16.6 Å². The van der Waals surface area contributed by atoms with Crippen LogP contribution >= 0.6 is 0 Å². The molecule has 0 aliphatic rings. The second-order valence-electron chi connectivity index (χ2n) is 4.56. The molecule has 0 saturated heterocycles. The van der Waals surface area contributed by atoms with E-state index in [1.165, 1.54) is 0 Å². The number of carbonyl (C=O) groups is 1. The Morgan fingerprint density at radius 2 is 1.95 bits per heavy atom. The van der Waals surface area contributed by atoms with E-state index in [2.05, 4.69) is 4.98 Å². The molecule has 0 aliphatic carbocycles. The van der Waals surface area contributed by atoms with Gasteiger partial charge in [0.15, 0.2) is 0 Å². The summed E-state index contributed by atoms with van der Waals surface area (Å²) in [5.41, 5.74) is 2.91. The summed E-state index contributed by atoms with van der Waals surface area (Å²) in [5.74, 6) is -0.000464. The number of hydrogen-bond donors (Lipinski definition) is 1. The number of fused-ring (bicyclic) bond motifs is 1. The van der Waals surface area contributed by atoms with Crippen LogP contribution in [0.3, 0.4) is 0 Å². The van der Waals surface area contributed by atoms with Crippen LogP contribution in [-0.4, -0.2) is 20.6 Å². The summed E-state index contributed by atoms with van der Waals surface area (Å²) in [4.78, 5) is 15.7. The van der Waals surface area contributed by atoms with Crippen LogP contribution in [-0.2, 0) is 6.42 Å². The predicted octanol–water partition coefficient (Wildman–Crippen LogP) is 3.29. The van der Waals surface area contributed by atoms with Gasteiger partial charge in [0.1, 0.15) is 5.82 Å². The van der Waals surface area contributed by atoms with Crippen LogP contribution in [0.2, 0.25) is 0 Å². The number of benzene rings is 2. The van der Waals surface area contributed by atoms with Crippen LogP contribution < -0.4 is 0 Å². The minimum atomic E-state index is -0.925. The van der Waals surface area contributed by atoms with Crippen LogP contribution in [0.15, 0.2) is 48.5 Å². The number of aromatic carboxylic acids is 1. The Labute approximate surface area is 116 Å². The summed E-state index contributed by atoms with van der Waals surface area (Å²) < 4.78 is 2.02. The first-order valence-corrected chi connectivity index (χ1v) is 6.51. The average molecular weight is 266 g/mol. The number of carboxylic acids is 1. The van der Waals surface area contributed by atoms with Crippen molar-refractivity contribution in [1.82, 2.24) is 9.55 Å². The Kier molecular flexibility index (Phi) is 2.99. The Morgan fingerprint density at radius 3 is 2.60 bits per heavy atom. The van der Waals surface area contributed by atoms with Crippen molar-refractivity contribution in [2.45, 2.75) is 13.3 Å². The number of imidazole rings is 1. The monoisotopic (exact) mass is 266 g/mol. The lowest BCUT2D eigenvalue weighted by molar-refractivity contribution is 0.0697. The zero-order chi connectivity index (χ0) is 14.1. The summed E-state index contributed by atoms with van der Waals surface area (Å²) >= 11 is 0. The van der Waals surface area contributed by atoms with E-state index in [4.69, 9.17) is 5.11 Å². The molecule has 2 aromatic carbocycles. The third kappa shape index (κ3) is 1.95. The van der Waals surface area contributed by atoms with Gasteiger partial charge in [-0.1, -0.05) is 25.1 Å². The summed E-state index contributed by atoms with van der Waals surface area (Å²) in [6, 6.07) is 14.9. The molecule has 0 aliphatic heterocycles. The maximum atomic E-state index is 11.1. The predicted molar refractivity (Wildman–Crippen MR) is 77.4 cm³/mol. The molecule has 0 spiro atoms. The number of rotatable bonds is 3. The summed E-state index contributed by atoms with van der Waals surface area (Å²) in [5, 5.41) is 9.14. The van der Waals surface area contributed by atoms with Gasteiger partial charge in [-0.2, -0.15) is 0 Å². The number of carboxylic acid groups (broad SMARTS) is 1. The first kappa shape index (κ1) is 12.4. The highest BCUT2D eigenvalue weighted by molar-refractivity contribution is 5.93. The second kappa shape index (κ2) is 4.81. The van der Waals surface area contributed by atoms with Gasteiger partial charge in [-0.3, -0.25) is 4.57 Å². The Morgan fingerprint density at radius 1 is 1.20 bits per heavy atom. The molecule has 0 unspecified atom stereocenters. The Bertz CT molecular complexity index is 776. The van der Waals surface area contributed by atoms with Crippen molar-refractivity contribution in [3.63, 3.8) is 0 Å². The van der Waals surface area contributed by atoms with Gasteiger partial charge in [0.25, 0.3) is 0 Å². The molecule has 3 rings (SSSR count). The molecule has 3 aromatic rings. The zero-order valence-electron chi connectivity index (χ0n) is 11.1. The normalized spacial score (nSPS) is 10.8. The van der Waals surface area contributed by atoms with Gasteiger partial charge < -0.3 is 5.11 Å².